The molecule has 1 atom stereocenters. The van der Waals surface area contributed by atoms with Crippen molar-refractivity contribution in [1.82, 2.24) is 0 Å². The highest BCUT2D eigenvalue weighted by Gasteiger charge is 2.02. The molecule has 0 aromatic carbocycles. The number of aliphatic hydroxyl groups is 1. The Morgan fingerprint density at radius 3 is 2.44 bits per heavy atom. The van der Waals surface area contributed by atoms with Gasteiger partial charge in [0.15, 0.2) is 0 Å². The van der Waals surface area contributed by atoms with Gasteiger partial charge in [-0.25, -0.2) is 0 Å². The number of nitrogens with two attached hydrogens (primary N) is 1. The van der Waals surface area contributed by atoms with E-state index in [0.29, 0.717) is 12.5 Å². The molecule has 2 heteroatoms. The van der Waals surface area contributed by atoms with Crippen LogP contribution in [0.15, 0.2) is 0 Å². The van der Waals surface area contributed by atoms with Gasteiger partial charge in [0.05, 0.1) is 0 Å². The molecule has 0 spiro atoms. The Bertz CT molecular complexity index is 50.9. The number of rotatable bonds is 5. The Kier molecular flexibility index (Phi) is 5.99. The van der Waals surface area contributed by atoms with Gasteiger partial charge >= 0.3 is 0 Å². The third-order valence-corrected chi connectivity index (χ3v) is 1.57. The van der Waals surface area contributed by atoms with Gasteiger partial charge in [0.1, 0.15) is 0 Å². The summed E-state index contributed by atoms with van der Waals surface area (Å²) < 4.78 is 0. The Hall–Kier alpha value is -0.0800. The van der Waals surface area contributed by atoms with Gasteiger partial charge in [0.25, 0.3) is 0 Å². The minimum atomic E-state index is 0.280. The Morgan fingerprint density at radius 2 is 2.11 bits per heavy atom. The first-order valence-electron chi connectivity index (χ1n) is 3.66. The van der Waals surface area contributed by atoms with Crippen LogP contribution >= 0.6 is 0 Å². The third-order valence-electron chi connectivity index (χ3n) is 1.57. The molecule has 0 aliphatic rings. The molecule has 0 saturated heterocycles. The van der Waals surface area contributed by atoms with Crippen LogP contribution in [-0.2, 0) is 0 Å². The van der Waals surface area contributed by atoms with Crippen LogP contribution in [-0.4, -0.2) is 18.3 Å². The molecule has 0 saturated carbocycles. The first-order chi connectivity index (χ1) is 4.35. The lowest BCUT2D eigenvalue weighted by Crippen LogP contribution is -2.15. The summed E-state index contributed by atoms with van der Waals surface area (Å²) in [5.41, 5.74) is 5.43. The monoisotopic (exact) mass is 131 g/mol. The van der Waals surface area contributed by atoms with Crippen molar-refractivity contribution in [3.05, 3.63) is 0 Å². The van der Waals surface area contributed by atoms with Gasteiger partial charge in [-0.2, -0.15) is 0 Å². The second kappa shape index (κ2) is 6.05. The quantitative estimate of drug-likeness (QED) is 0.578. The van der Waals surface area contributed by atoms with Crippen molar-refractivity contribution in [2.24, 2.45) is 11.7 Å². The second-order valence-electron chi connectivity index (χ2n) is 2.40. The average molecular weight is 131 g/mol. The van der Waals surface area contributed by atoms with Crippen molar-refractivity contribution < 1.29 is 5.11 Å². The van der Waals surface area contributed by atoms with Gasteiger partial charge in [0, 0.05) is 6.61 Å². The minimum Gasteiger partial charge on any atom is -0.396 e. The summed E-state index contributed by atoms with van der Waals surface area (Å²) in [6.07, 6.45) is 3.18. The molecule has 0 heterocycles. The van der Waals surface area contributed by atoms with Crippen LogP contribution in [0.4, 0.5) is 0 Å². The largest absolute Gasteiger partial charge is 0.396 e. The molecule has 2 nitrogen and oxygen atoms in total. The standard InChI is InChI=1S/C7H17NO/c1-2-3-7(6-8)4-5-9/h7,9H,2-6,8H2,1H3/t7-/m0/s1. The van der Waals surface area contributed by atoms with Gasteiger partial charge < -0.3 is 10.8 Å². The van der Waals surface area contributed by atoms with Gasteiger partial charge in [-0.15, -0.1) is 0 Å². The van der Waals surface area contributed by atoms with E-state index >= 15 is 0 Å². The first-order valence-corrected chi connectivity index (χ1v) is 3.66. The van der Waals surface area contributed by atoms with Crippen LogP contribution in [0, 0.1) is 5.92 Å². The van der Waals surface area contributed by atoms with Crippen LogP contribution < -0.4 is 5.73 Å². The summed E-state index contributed by atoms with van der Waals surface area (Å²) in [6.45, 7) is 3.14. The fourth-order valence-corrected chi connectivity index (χ4v) is 0.971. The number of aliphatic hydroxyl groups excluding tert-OH is 1. The Labute approximate surface area is 57.1 Å². The van der Waals surface area contributed by atoms with Crippen molar-refractivity contribution in [2.75, 3.05) is 13.2 Å². The zero-order valence-corrected chi connectivity index (χ0v) is 6.14. The van der Waals surface area contributed by atoms with Crippen molar-refractivity contribution in [2.45, 2.75) is 26.2 Å². The molecule has 0 rings (SSSR count). The van der Waals surface area contributed by atoms with E-state index in [-0.39, 0.29) is 6.61 Å². The highest BCUT2D eigenvalue weighted by Crippen LogP contribution is 2.07. The molecule has 0 aromatic heterocycles. The maximum atomic E-state index is 8.54. The van der Waals surface area contributed by atoms with Crippen molar-refractivity contribution in [1.29, 1.82) is 0 Å². The van der Waals surface area contributed by atoms with E-state index in [1.54, 1.807) is 0 Å². The normalized spacial score (nSPS) is 13.7. The first kappa shape index (κ1) is 8.92. The van der Waals surface area contributed by atoms with Crippen LogP contribution in [0.1, 0.15) is 26.2 Å². The average Bonchev–Trinajstić information content (AvgIpc) is 1.88. The highest BCUT2D eigenvalue weighted by atomic mass is 16.3. The maximum Gasteiger partial charge on any atom is 0.0434 e. The summed E-state index contributed by atoms with van der Waals surface area (Å²) in [5.74, 6) is 0.542. The molecule has 3 N–H and O–H groups in total. The Balaban J connectivity index is 3.18. The second-order valence-corrected chi connectivity index (χ2v) is 2.40. The predicted molar refractivity (Wildman–Crippen MR) is 39.2 cm³/mol. The number of hydrogen-bond acceptors (Lipinski definition) is 2. The molecule has 0 aliphatic carbocycles. The van der Waals surface area contributed by atoms with E-state index in [2.05, 4.69) is 6.92 Å². The third kappa shape index (κ3) is 4.43. The summed E-state index contributed by atoms with van der Waals surface area (Å²) in [6, 6.07) is 0. The minimum absolute atomic E-state index is 0.280. The van der Waals surface area contributed by atoms with E-state index in [1.165, 1.54) is 6.42 Å². The zero-order valence-electron chi connectivity index (χ0n) is 6.14. The fraction of sp³-hybridized carbons (Fsp3) is 1.00. The van der Waals surface area contributed by atoms with Crippen LogP contribution in [0.3, 0.4) is 0 Å². The van der Waals surface area contributed by atoms with Crippen molar-refractivity contribution in [3.8, 4) is 0 Å². The molecular formula is C7H17NO. The highest BCUT2D eigenvalue weighted by molar-refractivity contribution is 4.57. The summed E-state index contributed by atoms with van der Waals surface area (Å²) in [4.78, 5) is 0. The lowest BCUT2D eigenvalue weighted by Gasteiger charge is -2.10. The maximum absolute atomic E-state index is 8.54. The Morgan fingerprint density at radius 1 is 1.44 bits per heavy atom. The molecule has 0 amide bonds. The zero-order chi connectivity index (χ0) is 7.11. The summed E-state index contributed by atoms with van der Waals surface area (Å²) in [7, 11) is 0. The molecule has 0 radical (unpaired) electrons. The molecule has 0 aromatic rings. The lowest BCUT2D eigenvalue weighted by molar-refractivity contribution is 0.253. The van der Waals surface area contributed by atoms with Gasteiger partial charge in [-0.3, -0.25) is 0 Å². The van der Waals surface area contributed by atoms with Crippen LogP contribution in [0.5, 0.6) is 0 Å². The predicted octanol–water partition coefficient (Wildman–Crippen LogP) is 0.744. The molecule has 9 heavy (non-hydrogen) atoms. The smallest absolute Gasteiger partial charge is 0.0434 e. The molecule has 0 fully saturated rings. The van der Waals surface area contributed by atoms with Gasteiger partial charge in [-0.1, -0.05) is 13.3 Å². The SMILES string of the molecule is CCC[C@H](CN)CCO. The van der Waals surface area contributed by atoms with Crippen LogP contribution in [0.25, 0.3) is 0 Å². The van der Waals surface area contributed by atoms with Gasteiger partial charge in [0.2, 0.25) is 0 Å². The number of hydrogen-bond donors (Lipinski definition) is 2. The van der Waals surface area contributed by atoms with E-state index in [1.807, 2.05) is 0 Å². The molecule has 0 unspecified atom stereocenters. The molecule has 56 valence electrons. The van der Waals surface area contributed by atoms with E-state index < -0.39 is 0 Å². The molecular weight excluding hydrogens is 114 g/mol. The van der Waals surface area contributed by atoms with Crippen molar-refractivity contribution >= 4 is 0 Å². The topological polar surface area (TPSA) is 46.2 Å². The lowest BCUT2D eigenvalue weighted by atomic mass is 10.0. The molecule has 0 bridgehead atoms. The van der Waals surface area contributed by atoms with Crippen LogP contribution in [0.2, 0.25) is 0 Å². The van der Waals surface area contributed by atoms with Crippen molar-refractivity contribution in [3.63, 3.8) is 0 Å². The summed E-state index contributed by atoms with van der Waals surface area (Å²) in [5, 5.41) is 8.54. The molecule has 0 aliphatic heterocycles. The fourth-order valence-electron chi connectivity index (χ4n) is 0.971. The summed E-state index contributed by atoms with van der Waals surface area (Å²) >= 11 is 0. The van der Waals surface area contributed by atoms with E-state index in [4.69, 9.17) is 10.8 Å². The van der Waals surface area contributed by atoms with E-state index in [9.17, 15) is 0 Å². The van der Waals surface area contributed by atoms with E-state index in [0.717, 1.165) is 12.8 Å². The van der Waals surface area contributed by atoms with Gasteiger partial charge in [-0.05, 0) is 25.3 Å².